The second kappa shape index (κ2) is 6.78. The van der Waals surface area contributed by atoms with Crippen molar-refractivity contribution in [1.82, 2.24) is 0 Å². The fourth-order valence-electron chi connectivity index (χ4n) is 5.45. The van der Waals surface area contributed by atoms with Crippen LogP contribution < -0.4 is 4.90 Å². The van der Waals surface area contributed by atoms with Gasteiger partial charge in [0.05, 0.1) is 57.9 Å². The number of carbonyl (C=O) groups is 3. The highest BCUT2D eigenvalue weighted by molar-refractivity contribution is 6.23. The normalized spacial score (nSPS) is 33.6. The topological polar surface area (TPSA) is 96.7 Å². The summed E-state index contributed by atoms with van der Waals surface area (Å²) >= 11 is 0. The van der Waals surface area contributed by atoms with Gasteiger partial charge in [0.15, 0.2) is 0 Å². The SMILES string of the molecule is CC(C)OC(=O)[C@@H]1C[C@]2(C)O[C@]1(C)[C@@H]1C(=O)N(c3ccc(C#N)c(C(F)(F)F)c3)C(=O)[C@@H]12. The first-order valence-corrected chi connectivity index (χ1v) is 10.1. The number of hydrogen-bond acceptors (Lipinski definition) is 6. The van der Waals surface area contributed by atoms with Crippen molar-refractivity contribution in [3.8, 4) is 6.07 Å². The Morgan fingerprint density at radius 3 is 2.44 bits per heavy atom. The summed E-state index contributed by atoms with van der Waals surface area (Å²) < 4.78 is 51.6. The summed E-state index contributed by atoms with van der Waals surface area (Å²) in [6, 6.07) is 4.18. The summed E-state index contributed by atoms with van der Waals surface area (Å²) in [6.45, 7) is 6.58. The van der Waals surface area contributed by atoms with Gasteiger partial charge in [0.1, 0.15) is 0 Å². The quantitative estimate of drug-likeness (QED) is 0.518. The predicted octanol–water partition coefficient (Wildman–Crippen LogP) is 3.20. The smallest absolute Gasteiger partial charge is 0.417 e. The van der Waals surface area contributed by atoms with E-state index in [1.807, 2.05) is 0 Å². The molecule has 0 spiro atoms. The van der Waals surface area contributed by atoms with Gasteiger partial charge >= 0.3 is 12.1 Å². The van der Waals surface area contributed by atoms with Crippen molar-refractivity contribution >= 4 is 23.5 Å². The lowest BCUT2D eigenvalue weighted by Crippen LogP contribution is -2.49. The molecule has 1 aromatic carbocycles. The lowest BCUT2D eigenvalue weighted by Gasteiger charge is -2.34. The maximum absolute atomic E-state index is 13.4. The molecule has 3 aliphatic heterocycles. The third kappa shape index (κ3) is 2.94. The molecule has 0 N–H and O–H groups in total. The molecular weight excluding hydrogens is 429 g/mol. The third-order valence-corrected chi connectivity index (χ3v) is 6.66. The molecule has 3 saturated heterocycles. The van der Waals surface area contributed by atoms with Gasteiger partial charge < -0.3 is 9.47 Å². The fraction of sp³-hybridized carbons (Fsp3) is 0.545. The molecule has 2 bridgehead atoms. The zero-order valence-corrected chi connectivity index (χ0v) is 17.8. The van der Waals surface area contributed by atoms with Crippen LogP contribution in [0.15, 0.2) is 18.2 Å². The number of ether oxygens (including phenoxy) is 2. The van der Waals surface area contributed by atoms with Crippen molar-refractivity contribution in [2.24, 2.45) is 17.8 Å². The summed E-state index contributed by atoms with van der Waals surface area (Å²) in [5, 5.41) is 9.00. The number of esters is 1. The molecule has 0 saturated carbocycles. The first-order chi connectivity index (χ1) is 14.7. The van der Waals surface area contributed by atoms with Gasteiger partial charge in [-0.3, -0.25) is 14.4 Å². The van der Waals surface area contributed by atoms with Crippen LogP contribution in [0.1, 0.15) is 45.2 Å². The van der Waals surface area contributed by atoms with Gasteiger partial charge in [-0.2, -0.15) is 18.4 Å². The molecule has 3 fully saturated rings. The van der Waals surface area contributed by atoms with Crippen molar-refractivity contribution in [2.75, 3.05) is 4.90 Å². The maximum atomic E-state index is 13.4. The summed E-state index contributed by atoms with van der Waals surface area (Å²) in [6.07, 6.45) is -5.07. The molecule has 3 heterocycles. The highest BCUT2D eigenvalue weighted by atomic mass is 19.4. The van der Waals surface area contributed by atoms with Crippen LogP contribution in [0, 0.1) is 29.1 Å². The Labute approximate surface area is 182 Å². The van der Waals surface area contributed by atoms with Crippen LogP contribution >= 0.6 is 0 Å². The van der Waals surface area contributed by atoms with Crippen LogP contribution in [0.5, 0.6) is 0 Å². The standard InChI is InChI=1S/C22H21F3N2O5/c1-10(2)31-19(30)14-8-20(3)15-16(21(14,4)32-20)18(29)27(17(15)28)12-6-5-11(9-26)13(7-12)22(23,24)25/h5-7,10,14-16H,8H2,1-4H3/t14-,15+,16-,20-,21-/m0/s1. The van der Waals surface area contributed by atoms with E-state index in [2.05, 4.69) is 0 Å². The number of carbonyl (C=O) groups excluding carboxylic acids is 3. The first-order valence-electron chi connectivity index (χ1n) is 10.1. The number of nitrogens with zero attached hydrogens (tertiary/aromatic N) is 2. The molecule has 4 rings (SSSR count). The van der Waals surface area contributed by atoms with Crippen molar-refractivity contribution in [2.45, 2.75) is 57.6 Å². The highest BCUT2D eigenvalue weighted by Gasteiger charge is 2.77. The number of benzene rings is 1. The fourth-order valence-corrected chi connectivity index (χ4v) is 5.45. The second-order valence-electron chi connectivity index (χ2n) is 9.15. The molecule has 0 aliphatic carbocycles. The van der Waals surface area contributed by atoms with Crippen LogP contribution in [0.2, 0.25) is 0 Å². The Morgan fingerprint density at radius 1 is 1.25 bits per heavy atom. The molecule has 7 nitrogen and oxygen atoms in total. The van der Waals surface area contributed by atoms with Gasteiger partial charge in [-0.25, -0.2) is 4.90 Å². The minimum Gasteiger partial charge on any atom is -0.463 e. The minimum atomic E-state index is -4.84. The van der Waals surface area contributed by atoms with Crippen LogP contribution in [-0.2, 0) is 30.0 Å². The zero-order valence-electron chi connectivity index (χ0n) is 17.8. The van der Waals surface area contributed by atoms with Crippen LogP contribution in [0.25, 0.3) is 0 Å². The van der Waals surface area contributed by atoms with Crippen LogP contribution in [0.4, 0.5) is 18.9 Å². The molecular formula is C22H21F3N2O5. The van der Waals surface area contributed by atoms with Gasteiger partial charge in [0.25, 0.3) is 0 Å². The second-order valence-corrected chi connectivity index (χ2v) is 9.15. The number of rotatable bonds is 3. The summed E-state index contributed by atoms with van der Waals surface area (Å²) in [5.41, 5.74) is -4.58. The highest BCUT2D eigenvalue weighted by Crippen LogP contribution is 2.63. The lowest BCUT2D eigenvalue weighted by molar-refractivity contribution is -0.160. The Morgan fingerprint density at radius 2 is 1.88 bits per heavy atom. The number of nitriles is 1. The van der Waals surface area contributed by atoms with Crippen LogP contribution in [-0.4, -0.2) is 35.1 Å². The average molecular weight is 450 g/mol. The van der Waals surface area contributed by atoms with Crippen molar-refractivity contribution in [3.05, 3.63) is 29.3 Å². The predicted molar refractivity (Wildman–Crippen MR) is 103 cm³/mol. The van der Waals surface area contributed by atoms with E-state index in [0.717, 1.165) is 17.0 Å². The van der Waals surface area contributed by atoms with E-state index >= 15 is 0 Å². The number of alkyl halides is 3. The van der Waals surface area contributed by atoms with Crippen molar-refractivity contribution in [1.29, 1.82) is 5.26 Å². The Hall–Kier alpha value is -2.93. The van der Waals surface area contributed by atoms with E-state index in [9.17, 15) is 27.6 Å². The number of imide groups is 1. The molecule has 170 valence electrons. The number of anilines is 1. The Bertz CT molecular complexity index is 1080. The molecule has 3 aliphatic rings. The van der Waals surface area contributed by atoms with Gasteiger partial charge in [-0.1, -0.05) is 0 Å². The monoisotopic (exact) mass is 450 g/mol. The van der Waals surface area contributed by atoms with Crippen molar-refractivity contribution in [3.63, 3.8) is 0 Å². The molecule has 0 radical (unpaired) electrons. The molecule has 0 unspecified atom stereocenters. The number of amides is 2. The van der Waals surface area contributed by atoms with Crippen molar-refractivity contribution < 1.29 is 37.0 Å². The van der Waals surface area contributed by atoms with E-state index < -0.39 is 64.0 Å². The number of fused-ring (bicyclic) bond motifs is 5. The Balaban J connectivity index is 1.75. The van der Waals surface area contributed by atoms with Gasteiger partial charge in [-0.15, -0.1) is 0 Å². The zero-order chi connectivity index (χ0) is 23.8. The lowest BCUT2D eigenvalue weighted by atomic mass is 9.64. The van der Waals surface area contributed by atoms with E-state index in [-0.39, 0.29) is 18.2 Å². The molecule has 1 aromatic rings. The summed E-state index contributed by atoms with van der Waals surface area (Å²) in [4.78, 5) is 40.0. The minimum absolute atomic E-state index is 0.157. The van der Waals surface area contributed by atoms with E-state index in [1.165, 1.54) is 6.07 Å². The number of halogens is 3. The van der Waals surface area contributed by atoms with Gasteiger partial charge in [0.2, 0.25) is 11.8 Å². The summed E-state index contributed by atoms with van der Waals surface area (Å²) in [5.74, 6) is -4.72. The molecule has 0 aromatic heterocycles. The molecule has 2 amide bonds. The van der Waals surface area contributed by atoms with Gasteiger partial charge in [-0.05, 0) is 52.3 Å². The van der Waals surface area contributed by atoms with Crippen LogP contribution in [0.3, 0.4) is 0 Å². The average Bonchev–Trinajstić information content (AvgIpc) is 3.21. The van der Waals surface area contributed by atoms with E-state index in [1.54, 1.807) is 27.7 Å². The molecule has 5 atom stereocenters. The first kappa shape index (κ1) is 22.3. The largest absolute Gasteiger partial charge is 0.463 e. The molecule has 32 heavy (non-hydrogen) atoms. The molecule has 10 heteroatoms. The van der Waals surface area contributed by atoms with Gasteiger partial charge in [0, 0.05) is 0 Å². The number of hydrogen-bond donors (Lipinski definition) is 0. The summed E-state index contributed by atoms with van der Waals surface area (Å²) in [7, 11) is 0. The Kier molecular flexibility index (Phi) is 4.72. The maximum Gasteiger partial charge on any atom is 0.417 e. The third-order valence-electron chi connectivity index (χ3n) is 6.66. The van der Waals surface area contributed by atoms with E-state index in [0.29, 0.717) is 6.07 Å². The van der Waals surface area contributed by atoms with E-state index in [4.69, 9.17) is 14.7 Å².